The number of hydrogen-bond donors (Lipinski definition) is 1. The van der Waals surface area contributed by atoms with Crippen molar-refractivity contribution in [1.29, 1.82) is 0 Å². The van der Waals surface area contributed by atoms with E-state index in [4.69, 9.17) is 4.74 Å². The van der Waals surface area contributed by atoms with Gasteiger partial charge in [0.2, 0.25) is 0 Å². The molecule has 0 aromatic heterocycles. The number of carbonyl (C=O) groups is 2. The van der Waals surface area contributed by atoms with Gasteiger partial charge in [0.15, 0.2) is 0 Å². The second-order valence-electron chi connectivity index (χ2n) is 2.36. The summed E-state index contributed by atoms with van der Waals surface area (Å²) in [6, 6.07) is 0. The fourth-order valence-electron chi connectivity index (χ4n) is 0.775. The quantitative estimate of drug-likeness (QED) is 0.397. The third kappa shape index (κ3) is 2.48. The molecule has 12 heavy (non-hydrogen) atoms. The Kier molecular flexibility index (Phi) is 3.01. The van der Waals surface area contributed by atoms with Crippen molar-refractivity contribution in [3.05, 3.63) is 0 Å². The first-order valence-corrected chi connectivity index (χ1v) is 3.47. The Labute approximate surface area is 69.2 Å². The van der Waals surface area contributed by atoms with Crippen LogP contribution in [0.25, 0.3) is 0 Å². The third-order valence-electron chi connectivity index (χ3n) is 1.41. The van der Waals surface area contributed by atoms with Crippen LogP contribution in [0.2, 0.25) is 0 Å². The lowest BCUT2D eigenvalue weighted by molar-refractivity contribution is -0.157. The van der Waals surface area contributed by atoms with E-state index < -0.39 is 11.9 Å². The summed E-state index contributed by atoms with van der Waals surface area (Å²) in [5.41, 5.74) is 4.66. The third-order valence-corrected chi connectivity index (χ3v) is 1.41. The van der Waals surface area contributed by atoms with E-state index in [-0.39, 0.29) is 6.73 Å². The van der Waals surface area contributed by atoms with Gasteiger partial charge in [0.25, 0.3) is 0 Å². The van der Waals surface area contributed by atoms with Crippen LogP contribution in [-0.4, -0.2) is 43.4 Å². The molecule has 6 nitrogen and oxygen atoms in total. The summed E-state index contributed by atoms with van der Waals surface area (Å²) in [6.45, 7) is 1.80. The molecule has 2 N–H and O–H groups in total. The first-order valence-electron chi connectivity index (χ1n) is 3.47. The van der Waals surface area contributed by atoms with Gasteiger partial charge in [-0.1, -0.05) is 0 Å². The van der Waals surface area contributed by atoms with Gasteiger partial charge in [0.1, 0.15) is 13.5 Å². The van der Waals surface area contributed by atoms with Crippen molar-refractivity contribution in [1.82, 2.24) is 4.90 Å². The zero-order chi connectivity index (χ0) is 8.97. The Balaban J connectivity index is 2.16. The molecule has 0 unspecified atom stereocenters. The average Bonchev–Trinajstić information content (AvgIpc) is 2.51. The summed E-state index contributed by atoms with van der Waals surface area (Å²) in [7, 11) is 0. The Morgan fingerprint density at radius 1 is 1.58 bits per heavy atom. The number of ether oxygens (including phenoxy) is 2. The highest BCUT2D eigenvalue weighted by atomic mass is 16.6. The zero-order valence-electron chi connectivity index (χ0n) is 6.49. The van der Waals surface area contributed by atoms with Crippen molar-refractivity contribution < 1.29 is 19.1 Å². The van der Waals surface area contributed by atoms with Gasteiger partial charge in [-0.2, -0.15) is 0 Å². The van der Waals surface area contributed by atoms with Crippen molar-refractivity contribution >= 4 is 11.9 Å². The molecule has 1 aliphatic rings. The predicted molar refractivity (Wildman–Crippen MR) is 37.7 cm³/mol. The van der Waals surface area contributed by atoms with E-state index in [1.54, 1.807) is 4.90 Å². The van der Waals surface area contributed by atoms with Gasteiger partial charge < -0.3 is 15.2 Å². The van der Waals surface area contributed by atoms with E-state index >= 15 is 0 Å². The molecule has 0 bridgehead atoms. The maximum Gasteiger partial charge on any atom is 0.397 e. The number of esters is 1. The summed E-state index contributed by atoms with van der Waals surface area (Å²) in [5.74, 6) is -2.09. The van der Waals surface area contributed by atoms with Crippen molar-refractivity contribution in [2.24, 2.45) is 5.73 Å². The van der Waals surface area contributed by atoms with Gasteiger partial charge in [0, 0.05) is 6.54 Å². The molecule has 0 aromatic carbocycles. The fourth-order valence-corrected chi connectivity index (χ4v) is 0.775. The second kappa shape index (κ2) is 4.03. The summed E-state index contributed by atoms with van der Waals surface area (Å²) >= 11 is 0. The van der Waals surface area contributed by atoms with Crippen LogP contribution in [0.5, 0.6) is 0 Å². The van der Waals surface area contributed by atoms with Crippen molar-refractivity contribution in [2.75, 3.05) is 26.6 Å². The molecule has 1 heterocycles. The molecule has 1 aliphatic heterocycles. The highest BCUT2D eigenvalue weighted by Crippen LogP contribution is 1.97. The normalized spacial score (nSPS) is 17.7. The zero-order valence-corrected chi connectivity index (χ0v) is 6.49. The van der Waals surface area contributed by atoms with Gasteiger partial charge in [0.05, 0.1) is 6.61 Å². The molecule has 0 radical (unpaired) electrons. The Morgan fingerprint density at radius 2 is 2.33 bits per heavy atom. The summed E-state index contributed by atoms with van der Waals surface area (Å²) in [5, 5.41) is 0. The largest absolute Gasteiger partial charge is 0.442 e. The maximum absolute atomic E-state index is 10.5. The van der Waals surface area contributed by atoms with E-state index in [9.17, 15) is 9.59 Å². The Bertz CT molecular complexity index is 188. The number of primary amides is 1. The van der Waals surface area contributed by atoms with Crippen LogP contribution in [0.3, 0.4) is 0 Å². The van der Waals surface area contributed by atoms with Crippen LogP contribution in [0.4, 0.5) is 0 Å². The monoisotopic (exact) mass is 174 g/mol. The molecular weight excluding hydrogens is 164 g/mol. The molecule has 1 amide bonds. The number of rotatable bonds is 2. The first kappa shape index (κ1) is 8.95. The molecule has 0 atom stereocenters. The summed E-state index contributed by atoms with van der Waals surface area (Å²) in [6.07, 6.45) is 0. The van der Waals surface area contributed by atoms with E-state index in [1.165, 1.54) is 0 Å². The highest BCUT2D eigenvalue weighted by Gasteiger charge is 2.15. The van der Waals surface area contributed by atoms with Crippen LogP contribution < -0.4 is 5.73 Å². The smallest absolute Gasteiger partial charge is 0.397 e. The van der Waals surface area contributed by atoms with E-state index in [0.29, 0.717) is 19.9 Å². The molecule has 0 saturated carbocycles. The number of nitrogens with two attached hydrogens (primary N) is 1. The molecule has 68 valence electrons. The van der Waals surface area contributed by atoms with Crippen LogP contribution in [0.1, 0.15) is 0 Å². The summed E-state index contributed by atoms with van der Waals surface area (Å²) in [4.78, 5) is 22.5. The van der Waals surface area contributed by atoms with Gasteiger partial charge in [-0.25, -0.2) is 9.69 Å². The van der Waals surface area contributed by atoms with Gasteiger partial charge in [-0.05, 0) is 0 Å². The lowest BCUT2D eigenvalue weighted by Crippen LogP contribution is -2.31. The number of hydrogen-bond acceptors (Lipinski definition) is 5. The lowest BCUT2D eigenvalue weighted by Gasteiger charge is -2.11. The van der Waals surface area contributed by atoms with Crippen molar-refractivity contribution in [3.8, 4) is 0 Å². The Hall–Kier alpha value is -1.14. The minimum Gasteiger partial charge on any atom is -0.442 e. The molecule has 1 saturated heterocycles. The van der Waals surface area contributed by atoms with Crippen molar-refractivity contribution in [3.63, 3.8) is 0 Å². The molecule has 0 aliphatic carbocycles. The minimum absolute atomic E-state index is 0.0573. The molecule has 0 spiro atoms. The maximum atomic E-state index is 10.5. The fraction of sp³-hybridized carbons (Fsp3) is 0.667. The van der Waals surface area contributed by atoms with E-state index in [1.807, 2.05) is 0 Å². The minimum atomic E-state index is -1.07. The highest BCUT2D eigenvalue weighted by molar-refractivity contribution is 6.31. The van der Waals surface area contributed by atoms with E-state index in [2.05, 4.69) is 10.5 Å². The first-order chi connectivity index (χ1) is 5.70. The molecule has 1 rings (SSSR count). The average molecular weight is 174 g/mol. The lowest BCUT2D eigenvalue weighted by atomic mass is 10.6. The van der Waals surface area contributed by atoms with Gasteiger partial charge >= 0.3 is 11.9 Å². The number of amides is 1. The van der Waals surface area contributed by atoms with E-state index in [0.717, 1.165) is 0 Å². The van der Waals surface area contributed by atoms with Crippen LogP contribution >= 0.6 is 0 Å². The van der Waals surface area contributed by atoms with Crippen LogP contribution in [0, 0.1) is 0 Å². The van der Waals surface area contributed by atoms with Gasteiger partial charge in [-0.15, -0.1) is 0 Å². The second-order valence-corrected chi connectivity index (χ2v) is 2.36. The predicted octanol–water partition coefficient (Wildman–Crippen LogP) is -1.74. The molecule has 6 heteroatoms. The molecular formula is C6H10N2O4. The SMILES string of the molecule is NC(=O)C(=O)OCN1CCOC1. The van der Waals surface area contributed by atoms with Crippen LogP contribution in [0.15, 0.2) is 0 Å². The molecule has 1 fully saturated rings. The summed E-state index contributed by atoms with van der Waals surface area (Å²) < 4.78 is 9.49. The number of nitrogens with zero attached hydrogens (tertiary/aromatic N) is 1. The van der Waals surface area contributed by atoms with Crippen molar-refractivity contribution in [2.45, 2.75) is 0 Å². The van der Waals surface area contributed by atoms with Gasteiger partial charge in [-0.3, -0.25) is 4.79 Å². The molecule has 0 aromatic rings. The van der Waals surface area contributed by atoms with Crippen LogP contribution in [-0.2, 0) is 19.1 Å². The number of carbonyl (C=O) groups excluding carboxylic acids is 2. The topological polar surface area (TPSA) is 81.9 Å². The Morgan fingerprint density at radius 3 is 2.83 bits per heavy atom. The standard InChI is InChI=1S/C6H10N2O4/c7-5(9)6(10)12-4-8-1-2-11-3-8/h1-4H2,(H2,7,9).